The van der Waals surface area contributed by atoms with E-state index in [9.17, 15) is 18.8 Å². The van der Waals surface area contributed by atoms with Gasteiger partial charge in [-0.3, -0.25) is 19.3 Å². The van der Waals surface area contributed by atoms with Crippen LogP contribution in [-0.2, 0) is 11.3 Å². The van der Waals surface area contributed by atoms with E-state index in [1.165, 1.54) is 17.0 Å². The van der Waals surface area contributed by atoms with Gasteiger partial charge in [0.25, 0.3) is 11.8 Å². The van der Waals surface area contributed by atoms with E-state index in [-0.39, 0.29) is 36.5 Å². The van der Waals surface area contributed by atoms with Crippen LogP contribution < -0.4 is 0 Å². The number of benzene rings is 2. The van der Waals surface area contributed by atoms with Crippen molar-refractivity contribution >= 4 is 33.7 Å². The Morgan fingerprint density at radius 2 is 1.68 bits per heavy atom. The molecule has 164 valence electrons. The standard InChI is InChI=1S/C23H25BrFN3O3/c1-26(2)12-13-27(15-16-5-8-18(25)9-6-16)21(29)4-3-11-28-22(30)19-10-7-17(24)14-20(19)23(28)31/h5-10,14H,3-4,11-13,15H2,1-2H3. The highest BCUT2D eigenvalue weighted by Crippen LogP contribution is 2.26. The fraction of sp³-hybridized carbons (Fsp3) is 0.348. The highest BCUT2D eigenvalue weighted by Gasteiger charge is 2.35. The van der Waals surface area contributed by atoms with Gasteiger partial charge in [-0.2, -0.15) is 0 Å². The molecule has 1 aliphatic heterocycles. The van der Waals surface area contributed by atoms with Crippen molar-refractivity contribution < 1.29 is 18.8 Å². The summed E-state index contributed by atoms with van der Waals surface area (Å²) in [6.45, 7) is 1.80. The molecule has 0 aliphatic carbocycles. The normalized spacial score (nSPS) is 13.1. The van der Waals surface area contributed by atoms with Gasteiger partial charge in [0.2, 0.25) is 5.91 Å². The Labute approximate surface area is 189 Å². The zero-order valence-electron chi connectivity index (χ0n) is 17.6. The molecule has 3 amide bonds. The minimum Gasteiger partial charge on any atom is -0.337 e. The second-order valence-electron chi connectivity index (χ2n) is 7.80. The first-order valence-corrected chi connectivity index (χ1v) is 10.9. The Hall–Kier alpha value is -2.58. The lowest BCUT2D eigenvalue weighted by molar-refractivity contribution is -0.132. The first kappa shape index (κ1) is 23.1. The minimum absolute atomic E-state index is 0.0643. The van der Waals surface area contributed by atoms with Crippen molar-refractivity contribution in [3.8, 4) is 0 Å². The van der Waals surface area contributed by atoms with Crippen molar-refractivity contribution in [2.75, 3.05) is 33.7 Å². The maximum absolute atomic E-state index is 13.2. The molecule has 8 heteroatoms. The summed E-state index contributed by atoms with van der Waals surface area (Å²) in [4.78, 5) is 42.9. The molecule has 31 heavy (non-hydrogen) atoms. The molecule has 1 aliphatic rings. The van der Waals surface area contributed by atoms with E-state index in [0.717, 1.165) is 10.0 Å². The molecule has 3 rings (SSSR count). The zero-order chi connectivity index (χ0) is 22.5. The number of amides is 3. The van der Waals surface area contributed by atoms with Crippen LogP contribution in [0.2, 0.25) is 0 Å². The third-order valence-corrected chi connectivity index (χ3v) is 5.65. The fourth-order valence-electron chi connectivity index (χ4n) is 3.44. The predicted molar refractivity (Wildman–Crippen MR) is 119 cm³/mol. The van der Waals surface area contributed by atoms with E-state index in [1.807, 2.05) is 19.0 Å². The van der Waals surface area contributed by atoms with Crippen molar-refractivity contribution in [3.63, 3.8) is 0 Å². The number of imide groups is 1. The van der Waals surface area contributed by atoms with Crippen LogP contribution in [0, 0.1) is 5.82 Å². The van der Waals surface area contributed by atoms with Crippen molar-refractivity contribution in [2.24, 2.45) is 0 Å². The topological polar surface area (TPSA) is 60.9 Å². The summed E-state index contributed by atoms with van der Waals surface area (Å²) in [7, 11) is 3.86. The van der Waals surface area contributed by atoms with Crippen molar-refractivity contribution in [1.82, 2.24) is 14.7 Å². The first-order chi connectivity index (χ1) is 14.8. The number of nitrogens with zero attached hydrogens (tertiary/aromatic N) is 3. The molecule has 6 nitrogen and oxygen atoms in total. The van der Waals surface area contributed by atoms with Gasteiger partial charge in [0.1, 0.15) is 5.82 Å². The SMILES string of the molecule is CN(C)CCN(Cc1ccc(F)cc1)C(=O)CCCN1C(=O)c2ccc(Br)cc2C1=O. The number of likely N-dealkylation sites (N-methyl/N-ethyl adjacent to an activating group) is 1. The number of hydrogen-bond donors (Lipinski definition) is 0. The van der Waals surface area contributed by atoms with Crippen molar-refractivity contribution in [3.05, 3.63) is 69.4 Å². The van der Waals surface area contributed by atoms with Gasteiger partial charge in [0, 0.05) is 37.1 Å². The average Bonchev–Trinajstić information content (AvgIpc) is 2.96. The number of carbonyl (C=O) groups is 3. The number of fused-ring (bicyclic) bond motifs is 1. The third kappa shape index (κ3) is 5.77. The smallest absolute Gasteiger partial charge is 0.261 e. The molecule has 0 aromatic heterocycles. The molecule has 0 radical (unpaired) electrons. The van der Waals surface area contributed by atoms with Crippen LogP contribution in [0.25, 0.3) is 0 Å². The summed E-state index contributed by atoms with van der Waals surface area (Å²) in [5.74, 6) is -1.03. The van der Waals surface area contributed by atoms with Crippen molar-refractivity contribution in [2.45, 2.75) is 19.4 Å². The Bertz CT molecular complexity index is 979. The molecule has 1 heterocycles. The van der Waals surface area contributed by atoms with Crippen LogP contribution in [0.1, 0.15) is 39.1 Å². The van der Waals surface area contributed by atoms with Crippen LogP contribution in [0.5, 0.6) is 0 Å². The highest BCUT2D eigenvalue weighted by molar-refractivity contribution is 9.10. The lowest BCUT2D eigenvalue weighted by Crippen LogP contribution is -2.37. The zero-order valence-corrected chi connectivity index (χ0v) is 19.2. The second kappa shape index (κ2) is 10.2. The van der Waals surface area contributed by atoms with Gasteiger partial charge in [-0.1, -0.05) is 28.1 Å². The maximum atomic E-state index is 13.2. The summed E-state index contributed by atoms with van der Waals surface area (Å²) in [5, 5.41) is 0. The van der Waals surface area contributed by atoms with Gasteiger partial charge in [-0.05, 0) is 56.4 Å². The number of halogens is 2. The van der Waals surface area contributed by atoms with Crippen LogP contribution in [0.15, 0.2) is 46.9 Å². The number of carbonyl (C=O) groups excluding carboxylic acids is 3. The highest BCUT2D eigenvalue weighted by atomic mass is 79.9. The Morgan fingerprint density at radius 3 is 2.35 bits per heavy atom. The summed E-state index contributed by atoms with van der Waals surface area (Å²) in [5.41, 5.74) is 1.62. The molecule has 0 spiro atoms. The first-order valence-electron chi connectivity index (χ1n) is 10.1. The van der Waals surface area contributed by atoms with Gasteiger partial charge < -0.3 is 9.80 Å². The Balaban J connectivity index is 1.59. The quantitative estimate of drug-likeness (QED) is 0.505. The molecular weight excluding hydrogens is 465 g/mol. The number of hydrogen-bond acceptors (Lipinski definition) is 4. The van der Waals surface area contributed by atoms with Crippen LogP contribution in [-0.4, -0.2) is 66.2 Å². The monoisotopic (exact) mass is 489 g/mol. The molecule has 0 bridgehead atoms. The summed E-state index contributed by atoms with van der Waals surface area (Å²) >= 11 is 3.32. The molecule has 0 saturated heterocycles. The lowest BCUT2D eigenvalue weighted by atomic mass is 10.1. The van der Waals surface area contributed by atoms with Gasteiger partial charge >= 0.3 is 0 Å². The van der Waals surface area contributed by atoms with E-state index in [4.69, 9.17) is 0 Å². The van der Waals surface area contributed by atoms with Gasteiger partial charge in [-0.25, -0.2) is 4.39 Å². The maximum Gasteiger partial charge on any atom is 0.261 e. The molecular formula is C23H25BrFN3O3. The minimum atomic E-state index is -0.329. The molecule has 0 atom stereocenters. The van der Waals surface area contributed by atoms with Crippen LogP contribution >= 0.6 is 15.9 Å². The van der Waals surface area contributed by atoms with E-state index in [2.05, 4.69) is 15.9 Å². The Morgan fingerprint density at radius 1 is 1.00 bits per heavy atom. The molecule has 2 aromatic carbocycles. The summed E-state index contributed by atoms with van der Waals surface area (Å²) < 4.78 is 13.9. The predicted octanol–water partition coefficient (Wildman–Crippen LogP) is 3.55. The van der Waals surface area contributed by atoms with Crippen molar-refractivity contribution in [1.29, 1.82) is 0 Å². The van der Waals surface area contributed by atoms with Gasteiger partial charge in [0.15, 0.2) is 0 Å². The molecule has 0 unspecified atom stereocenters. The third-order valence-electron chi connectivity index (χ3n) is 5.16. The van der Waals surface area contributed by atoms with E-state index >= 15 is 0 Å². The molecule has 0 saturated carbocycles. The van der Waals surface area contributed by atoms with Crippen LogP contribution in [0.4, 0.5) is 4.39 Å². The number of rotatable bonds is 9. The lowest BCUT2D eigenvalue weighted by Gasteiger charge is -2.25. The second-order valence-corrected chi connectivity index (χ2v) is 8.72. The Kier molecular flexibility index (Phi) is 7.56. The van der Waals surface area contributed by atoms with E-state index in [1.54, 1.807) is 35.2 Å². The van der Waals surface area contributed by atoms with Crippen LogP contribution in [0.3, 0.4) is 0 Å². The van der Waals surface area contributed by atoms with Gasteiger partial charge in [0.05, 0.1) is 11.1 Å². The fourth-order valence-corrected chi connectivity index (χ4v) is 3.80. The summed E-state index contributed by atoms with van der Waals surface area (Å²) in [6, 6.07) is 11.1. The van der Waals surface area contributed by atoms with Gasteiger partial charge in [-0.15, -0.1) is 0 Å². The largest absolute Gasteiger partial charge is 0.337 e. The average molecular weight is 490 g/mol. The summed E-state index contributed by atoms with van der Waals surface area (Å²) in [6.07, 6.45) is 0.596. The van der Waals surface area contributed by atoms with E-state index in [0.29, 0.717) is 37.2 Å². The molecule has 2 aromatic rings. The molecule has 0 N–H and O–H groups in total. The molecule has 0 fully saturated rings. The van der Waals surface area contributed by atoms with E-state index < -0.39 is 0 Å².